The summed E-state index contributed by atoms with van der Waals surface area (Å²) in [5.74, 6) is 0. The highest BCUT2D eigenvalue weighted by Crippen LogP contribution is 2.00. The first-order chi connectivity index (χ1) is 4.80. The van der Waals surface area contributed by atoms with Crippen LogP contribution < -0.4 is 5.32 Å². The van der Waals surface area contributed by atoms with Crippen LogP contribution in [0.4, 0.5) is 0 Å². The molecule has 0 amide bonds. The zero-order valence-corrected chi connectivity index (χ0v) is 9.51. The van der Waals surface area contributed by atoms with E-state index in [2.05, 4.69) is 24.1 Å². The summed E-state index contributed by atoms with van der Waals surface area (Å²) in [5, 5.41) is 3.39. The summed E-state index contributed by atoms with van der Waals surface area (Å²) in [4.78, 5) is 2.53. The van der Waals surface area contributed by atoms with Gasteiger partial charge in [-0.2, -0.15) is 0 Å². The fraction of sp³-hybridized carbons (Fsp3) is 1.00. The Morgan fingerprint density at radius 2 is 1.75 bits per heavy atom. The Morgan fingerprint density at radius 3 is 2.33 bits per heavy atom. The van der Waals surface area contributed by atoms with Crippen molar-refractivity contribution in [3.8, 4) is 0 Å². The summed E-state index contributed by atoms with van der Waals surface area (Å²) in [5.41, 5.74) is 0. The molecule has 4 heteroatoms. The van der Waals surface area contributed by atoms with Gasteiger partial charge in [0.2, 0.25) is 0 Å². The summed E-state index contributed by atoms with van der Waals surface area (Å²) >= 11 is 0. The van der Waals surface area contributed by atoms with Gasteiger partial charge in [-0.1, -0.05) is 0 Å². The Labute approximate surface area is 87.9 Å². The van der Waals surface area contributed by atoms with E-state index in [1.54, 1.807) is 0 Å². The van der Waals surface area contributed by atoms with Crippen LogP contribution in [-0.4, -0.2) is 37.1 Å². The van der Waals surface area contributed by atoms with Crippen LogP contribution >= 0.6 is 24.8 Å². The Bertz CT molecular complexity index is 91.1. The normalized spacial score (nSPS) is 19.2. The second-order valence-corrected chi connectivity index (χ2v) is 3.23. The molecule has 1 aliphatic heterocycles. The van der Waals surface area contributed by atoms with Crippen molar-refractivity contribution in [1.29, 1.82) is 0 Å². The van der Waals surface area contributed by atoms with E-state index in [4.69, 9.17) is 0 Å². The molecule has 76 valence electrons. The third kappa shape index (κ3) is 5.20. The van der Waals surface area contributed by atoms with Crippen molar-refractivity contribution in [1.82, 2.24) is 10.2 Å². The number of hydrogen-bond donors (Lipinski definition) is 1. The first-order valence-electron chi connectivity index (χ1n) is 4.25. The zero-order valence-electron chi connectivity index (χ0n) is 7.88. The molecule has 0 aliphatic carbocycles. The van der Waals surface area contributed by atoms with Gasteiger partial charge in [0.1, 0.15) is 0 Å². The van der Waals surface area contributed by atoms with Gasteiger partial charge < -0.3 is 5.32 Å². The van der Waals surface area contributed by atoms with Gasteiger partial charge in [-0.3, -0.25) is 4.90 Å². The average Bonchev–Trinajstić information content (AvgIpc) is 2.12. The van der Waals surface area contributed by atoms with Crippen LogP contribution in [0.5, 0.6) is 0 Å². The predicted octanol–water partition coefficient (Wildman–Crippen LogP) is 1.53. The molecule has 1 rings (SSSR count). The van der Waals surface area contributed by atoms with Gasteiger partial charge >= 0.3 is 0 Å². The van der Waals surface area contributed by atoms with Gasteiger partial charge in [-0.05, 0) is 33.4 Å². The van der Waals surface area contributed by atoms with E-state index in [1.165, 1.54) is 26.1 Å². The molecule has 1 aliphatic rings. The highest BCUT2D eigenvalue weighted by atomic mass is 35.5. The van der Waals surface area contributed by atoms with E-state index >= 15 is 0 Å². The second-order valence-electron chi connectivity index (χ2n) is 3.23. The molecule has 2 nitrogen and oxygen atoms in total. The van der Waals surface area contributed by atoms with E-state index < -0.39 is 0 Å². The van der Waals surface area contributed by atoms with Crippen molar-refractivity contribution in [3.05, 3.63) is 0 Å². The molecular weight excluding hydrogens is 195 g/mol. The number of rotatable bonds is 1. The van der Waals surface area contributed by atoms with Gasteiger partial charge in [0, 0.05) is 19.1 Å². The lowest BCUT2D eigenvalue weighted by molar-refractivity contribution is 0.237. The quantitative estimate of drug-likeness (QED) is 0.713. The third-order valence-corrected chi connectivity index (χ3v) is 2.10. The fourth-order valence-electron chi connectivity index (χ4n) is 1.38. The molecule has 0 saturated carbocycles. The van der Waals surface area contributed by atoms with Crippen LogP contribution in [0, 0.1) is 0 Å². The van der Waals surface area contributed by atoms with Crippen LogP contribution in [0.1, 0.15) is 20.3 Å². The number of halogens is 2. The number of nitrogens with one attached hydrogen (secondary N) is 1. The molecule has 1 fully saturated rings. The van der Waals surface area contributed by atoms with E-state index in [9.17, 15) is 0 Å². The maximum atomic E-state index is 3.39. The maximum Gasteiger partial charge on any atom is 0.0110 e. The van der Waals surface area contributed by atoms with Crippen LogP contribution in [0.15, 0.2) is 0 Å². The standard InChI is InChI=1S/C8H18N2.2ClH/c1-8(2)10-6-3-4-9-5-7-10;;/h8-9H,3-7H2,1-2H3;2*1H. The smallest absolute Gasteiger partial charge is 0.0110 e. The Kier molecular flexibility index (Phi) is 10.1. The molecule has 0 radical (unpaired) electrons. The second kappa shape index (κ2) is 8.11. The van der Waals surface area contributed by atoms with Crippen molar-refractivity contribution >= 4 is 24.8 Å². The molecule has 0 unspecified atom stereocenters. The molecule has 1 heterocycles. The largest absolute Gasteiger partial charge is 0.315 e. The lowest BCUT2D eigenvalue weighted by atomic mass is 10.3. The highest BCUT2D eigenvalue weighted by molar-refractivity contribution is 5.85. The summed E-state index contributed by atoms with van der Waals surface area (Å²) in [7, 11) is 0. The molecule has 0 aromatic heterocycles. The summed E-state index contributed by atoms with van der Waals surface area (Å²) in [6, 6.07) is 0.722. The average molecular weight is 215 g/mol. The Morgan fingerprint density at radius 1 is 1.08 bits per heavy atom. The molecule has 0 atom stereocenters. The first kappa shape index (κ1) is 15.0. The van der Waals surface area contributed by atoms with E-state index in [-0.39, 0.29) is 24.8 Å². The molecule has 0 aromatic carbocycles. The first-order valence-corrected chi connectivity index (χ1v) is 4.25. The predicted molar refractivity (Wildman–Crippen MR) is 58.7 cm³/mol. The van der Waals surface area contributed by atoms with Crippen LogP contribution in [0.25, 0.3) is 0 Å². The molecule has 1 N–H and O–H groups in total. The van der Waals surface area contributed by atoms with Crippen molar-refractivity contribution in [2.75, 3.05) is 26.2 Å². The van der Waals surface area contributed by atoms with Crippen molar-refractivity contribution in [3.63, 3.8) is 0 Å². The summed E-state index contributed by atoms with van der Waals surface area (Å²) in [6.45, 7) is 9.39. The van der Waals surface area contributed by atoms with Gasteiger partial charge in [0.15, 0.2) is 0 Å². The zero-order chi connectivity index (χ0) is 7.40. The molecule has 0 bridgehead atoms. The van der Waals surface area contributed by atoms with Crippen LogP contribution in [0.2, 0.25) is 0 Å². The Balaban J connectivity index is 0. The highest BCUT2D eigenvalue weighted by Gasteiger charge is 2.10. The van der Waals surface area contributed by atoms with Gasteiger partial charge in [0.25, 0.3) is 0 Å². The monoisotopic (exact) mass is 214 g/mol. The minimum absolute atomic E-state index is 0. The molecule has 12 heavy (non-hydrogen) atoms. The molecule has 0 aromatic rings. The van der Waals surface area contributed by atoms with Crippen molar-refractivity contribution in [2.24, 2.45) is 0 Å². The Hall–Kier alpha value is 0.500. The van der Waals surface area contributed by atoms with Crippen LogP contribution in [-0.2, 0) is 0 Å². The maximum absolute atomic E-state index is 3.39. The van der Waals surface area contributed by atoms with Gasteiger partial charge in [-0.25, -0.2) is 0 Å². The lowest BCUT2D eigenvalue weighted by Crippen LogP contribution is -2.33. The third-order valence-electron chi connectivity index (χ3n) is 2.10. The van der Waals surface area contributed by atoms with Crippen molar-refractivity contribution < 1.29 is 0 Å². The summed E-state index contributed by atoms with van der Waals surface area (Å²) < 4.78 is 0. The minimum Gasteiger partial charge on any atom is -0.315 e. The van der Waals surface area contributed by atoms with Crippen molar-refractivity contribution in [2.45, 2.75) is 26.3 Å². The lowest BCUT2D eigenvalue weighted by Gasteiger charge is -2.23. The SMILES string of the molecule is CC(C)N1CCCNCC1.Cl.Cl. The van der Waals surface area contributed by atoms with E-state index in [0.29, 0.717) is 0 Å². The van der Waals surface area contributed by atoms with E-state index in [0.717, 1.165) is 12.6 Å². The molecular formula is C8H20Cl2N2. The fourth-order valence-corrected chi connectivity index (χ4v) is 1.38. The molecule has 0 spiro atoms. The van der Waals surface area contributed by atoms with Crippen LogP contribution in [0.3, 0.4) is 0 Å². The van der Waals surface area contributed by atoms with Gasteiger partial charge in [0.05, 0.1) is 0 Å². The minimum atomic E-state index is 0. The molecule has 1 saturated heterocycles. The summed E-state index contributed by atoms with van der Waals surface area (Å²) in [6.07, 6.45) is 1.30. The van der Waals surface area contributed by atoms with E-state index in [1.807, 2.05) is 0 Å². The number of nitrogens with zero attached hydrogens (tertiary/aromatic N) is 1. The topological polar surface area (TPSA) is 15.3 Å². The van der Waals surface area contributed by atoms with Gasteiger partial charge in [-0.15, -0.1) is 24.8 Å². The number of hydrogen-bond acceptors (Lipinski definition) is 2.